The summed E-state index contributed by atoms with van der Waals surface area (Å²) >= 11 is 1.13. The third kappa shape index (κ3) is 2.40. The van der Waals surface area contributed by atoms with Crippen LogP contribution in [0.1, 0.15) is 5.56 Å². The second-order valence-electron chi connectivity index (χ2n) is 3.48. The van der Waals surface area contributed by atoms with Crippen LogP contribution < -0.4 is 10.5 Å². The zero-order valence-electron chi connectivity index (χ0n) is 9.28. The van der Waals surface area contributed by atoms with Crippen LogP contribution >= 0.6 is 11.3 Å². The second kappa shape index (κ2) is 4.49. The normalized spacial score (nSPS) is 11.6. The van der Waals surface area contributed by atoms with Crippen LogP contribution in [0.25, 0.3) is 10.4 Å². The molecule has 0 saturated heterocycles. The molecule has 0 radical (unpaired) electrons. The molecule has 2 N–H and O–H groups in total. The molecule has 3 nitrogen and oxygen atoms in total. The van der Waals surface area contributed by atoms with Crippen molar-refractivity contribution in [2.45, 2.75) is 6.18 Å². The van der Waals surface area contributed by atoms with Crippen molar-refractivity contribution in [3.8, 4) is 16.2 Å². The van der Waals surface area contributed by atoms with Crippen LogP contribution in [0.15, 0.2) is 24.4 Å². The van der Waals surface area contributed by atoms with Crippen molar-refractivity contribution in [1.82, 2.24) is 4.98 Å². The molecule has 7 heteroatoms. The van der Waals surface area contributed by atoms with Crippen molar-refractivity contribution < 1.29 is 17.9 Å². The van der Waals surface area contributed by atoms with Gasteiger partial charge in [0.05, 0.1) is 17.6 Å². The standard InChI is InChI=1S/C11H9F3N2OS/c1-17-8-3-2-6(4-7(8)11(12,13)14)9-5-16-10(15)18-9/h2-5H,1H3,(H2,15,16). The summed E-state index contributed by atoms with van der Waals surface area (Å²) in [5.41, 5.74) is 5.06. The number of nitrogen functional groups attached to an aromatic ring is 1. The number of hydrogen-bond acceptors (Lipinski definition) is 4. The van der Waals surface area contributed by atoms with Crippen LogP contribution in [-0.4, -0.2) is 12.1 Å². The summed E-state index contributed by atoms with van der Waals surface area (Å²) in [6.45, 7) is 0. The number of halogens is 3. The van der Waals surface area contributed by atoms with Crippen molar-refractivity contribution in [3.63, 3.8) is 0 Å². The molecule has 2 rings (SSSR count). The summed E-state index contributed by atoms with van der Waals surface area (Å²) in [4.78, 5) is 4.40. The van der Waals surface area contributed by atoms with Crippen LogP contribution in [0.2, 0.25) is 0 Å². The largest absolute Gasteiger partial charge is 0.496 e. The number of alkyl halides is 3. The van der Waals surface area contributed by atoms with Crippen LogP contribution in [0.4, 0.5) is 18.3 Å². The van der Waals surface area contributed by atoms with E-state index in [2.05, 4.69) is 4.98 Å². The average Bonchev–Trinajstić information content (AvgIpc) is 2.74. The molecule has 0 fully saturated rings. The van der Waals surface area contributed by atoms with Gasteiger partial charge in [0.15, 0.2) is 5.13 Å². The molecule has 0 aliphatic carbocycles. The molecule has 0 saturated carbocycles. The third-order valence-corrected chi connectivity index (χ3v) is 3.19. The van der Waals surface area contributed by atoms with E-state index >= 15 is 0 Å². The van der Waals surface area contributed by atoms with Crippen molar-refractivity contribution >= 4 is 16.5 Å². The molecule has 0 aliphatic heterocycles. The smallest absolute Gasteiger partial charge is 0.419 e. The van der Waals surface area contributed by atoms with E-state index in [0.29, 0.717) is 15.6 Å². The SMILES string of the molecule is COc1ccc(-c2cnc(N)s2)cc1C(F)(F)F. The lowest BCUT2D eigenvalue weighted by Gasteiger charge is -2.12. The number of hydrogen-bond donors (Lipinski definition) is 1. The highest BCUT2D eigenvalue weighted by Gasteiger charge is 2.34. The highest BCUT2D eigenvalue weighted by Crippen LogP contribution is 2.39. The molecule has 0 unspecified atom stereocenters. The number of aromatic nitrogens is 1. The van der Waals surface area contributed by atoms with E-state index in [1.165, 1.54) is 19.4 Å². The molecular formula is C11H9F3N2OS. The van der Waals surface area contributed by atoms with Crippen molar-refractivity contribution in [2.24, 2.45) is 0 Å². The van der Waals surface area contributed by atoms with E-state index in [1.54, 1.807) is 6.07 Å². The van der Waals surface area contributed by atoms with Crippen LogP contribution in [0, 0.1) is 0 Å². The van der Waals surface area contributed by atoms with Crippen LogP contribution in [0.5, 0.6) is 5.75 Å². The number of nitrogens with two attached hydrogens (primary N) is 1. The number of anilines is 1. The van der Waals surface area contributed by atoms with Gasteiger partial charge in [0.25, 0.3) is 0 Å². The first-order chi connectivity index (χ1) is 8.41. The van der Waals surface area contributed by atoms with Gasteiger partial charge in [-0.15, -0.1) is 0 Å². The number of ether oxygens (including phenoxy) is 1. The first kappa shape index (κ1) is 12.7. The Morgan fingerprint density at radius 3 is 2.56 bits per heavy atom. The van der Waals surface area contributed by atoms with E-state index in [4.69, 9.17) is 10.5 Å². The maximum Gasteiger partial charge on any atom is 0.419 e. The quantitative estimate of drug-likeness (QED) is 0.912. The Bertz CT molecular complexity index is 566. The zero-order chi connectivity index (χ0) is 13.3. The average molecular weight is 274 g/mol. The fourth-order valence-electron chi connectivity index (χ4n) is 1.50. The van der Waals surface area contributed by atoms with E-state index in [9.17, 15) is 13.2 Å². The Kier molecular flexibility index (Phi) is 3.16. The molecular weight excluding hydrogens is 265 g/mol. The lowest BCUT2D eigenvalue weighted by atomic mass is 10.1. The first-order valence-corrected chi connectivity index (χ1v) is 5.70. The Hall–Kier alpha value is -1.76. The minimum absolute atomic E-state index is 0.205. The summed E-state index contributed by atoms with van der Waals surface area (Å²) in [5, 5.41) is 0.314. The number of thiazole rings is 1. The van der Waals surface area contributed by atoms with Gasteiger partial charge >= 0.3 is 6.18 Å². The Balaban J connectivity index is 2.52. The first-order valence-electron chi connectivity index (χ1n) is 4.88. The molecule has 0 aliphatic rings. The van der Waals surface area contributed by atoms with Gasteiger partial charge in [0.2, 0.25) is 0 Å². The van der Waals surface area contributed by atoms with Crippen molar-refractivity contribution in [1.29, 1.82) is 0 Å². The molecule has 96 valence electrons. The lowest BCUT2D eigenvalue weighted by Crippen LogP contribution is -2.07. The van der Waals surface area contributed by atoms with E-state index in [-0.39, 0.29) is 5.75 Å². The second-order valence-corrected chi connectivity index (χ2v) is 4.54. The van der Waals surface area contributed by atoms with Crippen molar-refractivity contribution in [3.05, 3.63) is 30.0 Å². The molecule has 18 heavy (non-hydrogen) atoms. The molecule has 2 aromatic rings. The fourth-order valence-corrected chi connectivity index (χ4v) is 2.18. The summed E-state index contributed by atoms with van der Waals surface area (Å²) < 4.78 is 43.2. The highest BCUT2D eigenvalue weighted by atomic mass is 32.1. The maximum atomic E-state index is 12.8. The minimum atomic E-state index is -4.46. The van der Waals surface area contributed by atoms with E-state index < -0.39 is 11.7 Å². The van der Waals surface area contributed by atoms with Gasteiger partial charge in [0.1, 0.15) is 5.75 Å². The Labute approximate surface area is 105 Å². The molecule has 1 aromatic heterocycles. The van der Waals surface area contributed by atoms with E-state index in [1.807, 2.05) is 0 Å². The summed E-state index contributed by atoms with van der Waals surface area (Å²) in [6, 6.07) is 3.86. The molecule has 1 heterocycles. The predicted molar refractivity (Wildman–Crippen MR) is 63.5 cm³/mol. The van der Waals surface area contributed by atoms with Gasteiger partial charge in [-0.25, -0.2) is 4.98 Å². The maximum absolute atomic E-state index is 12.8. The van der Waals surface area contributed by atoms with Gasteiger partial charge < -0.3 is 10.5 Å². The van der Waals surface area contributed by atoms with Gasteiger partial charge in [-0.3, -0.25) is 0 Å². The zero-order valence-corrected chi connectivity index (χ0v) is 10.1. The summed E-state index contributed by atoms with van der Waals surface area (Å²) in [5.74, 6) is -0.205. The number of rotatable bonds is 2. The summed E-state index contributed by atoms with van der Waals surface area (Å²) in [7, 11) is 1.20. The number of benzene rings is 1. The van der Waals surface area contributed by atoms with Gasteiger partial charge in [-0.05, 0) is 23.8 Å². The number of nitrogens with zero attached hydrogens (tertiary/aromatic N) is 1. The Morgan fingerprint density at radius 2 is 2.06 bits per heavy atom. The highest BCUT2D eigenvalue weighted by molar-refractivity contribution is 7.18. The predicted octanol–water partition coefficient (Wildman–Crippen LogP) is 3.42. The van der Waals surface area contributed by atoms with E-state index in [0.717, 1.165) is 17.4 Å². The minimum Gasteiger partial charge on any atom is -0.496 e. The molecule has 0 amide bonds. The lowest BCUT2D eigenvalue weighted by molar-refractivity contribution is -0.138. The molecule has 0 bridgehead atoms. The molecule has 1 aromatic carbocycles. The number of methoxy groups -OCH3 is 1. The molecule has 0 atom stereocenters. The van der Waals surface area contributed by atoms with Crippen LogP contribution in [0.3, 0.4) is 0 Å². The fraction of sp³-hybridized carbons (Fsp3) is 0.182. The van der Waals surface area contributed by atoms with Gasteiger partial charge in [-0.2, -0.15) is 13.2 Å². The van der Waals surface area contributed by atoms with Gasteiger partial charge in [0, 0.05) is 6.20 Å². The van der Waals surface area contributed by atoms with Crippen molar-refractivity contribution in [2.75, 3.05) is 12.8 Å². The summed E-state index contributed by atoms with van der Waals surface area (Å²) in [6.07, 6.45) is -3.01. The van der Waals surface area contributed by atoms with Crippen LogP contribution in [-0.2, 0) is 6.18 Å². The monoisotopic (exact) mass is 274 g/mol. The van der Waals surface area contributed by atoms with Gasteiger partial charge in [-0.1, -0.05) is 11.3 Å². The topological polar surface area (TPSA) is 48.1 Å². The Morgan fingerprint density at radius 1 is 1.33 bits per heavy atom. The third-order valence-electron chi connectivity index (χ3n) is 2.31. The molecule has 0 spiro atoms.